The molecule has 6 heteroatoms. The molecule has 2 aromatic carbocycles. The van der Waals surface area contributed by atoms with Crippen molar-refractivity contribution in [2.75, 3.05) is 56.7 Å². The van der Waals surface area contributed by atoms with E-state index in [9.17, 15) is 4.79 Å². The van der Waals surface area contributed by atoms with E-state index in [2.05, 4.69) is 34.3 Å². The minimum absolute atomic E-state index is 0.146. The summed E-state index contributed by atoms with van der Waals surface area (Å²) in [4.78, 5) is 17.2. The second kappa shape index (κ2) is 9.22. The number of carbonyl (C=O) groups excluding carboxylic acids is 1. The third-order valence-corrected chi connectivity index (χ3v) is 5.55. The minimum atomic E-state index is -0.146. The average molecular weight is 408 g/mol. The van der Waals surface area contributed by atoms with Gasteiger partial charge in [0, 0.05) is 50.1 Å². The quantitative estimate of drug-likeness (QED) is 0.785. The molecule has 0 aromatic heterocycles. The van der Waals surface area contributed by atoms with Crippen molar-refractivity contribution in [2.45, 2.75) is 13.3 Å². The minimum Gasteiger partial charge on any atom is -0.490 e. The van der Waals surface area contributed by atoms with Crippen LogP contribution in [0.2, 0.25) is 0 Å². The molecule has 0 unspecified atom stereocenters. The lowest BCUT2D eigenvalue weighted by atomic mass is 10.1. The van der Waals surface area contributed by atoms with Crippen molar-refractivity contribution in [1.82, 2.24) is 4.90 Å². The summed E-state index contributed by atoms with van der Waals surface area (Å²) in [5, 5.41) is 2.95. The molecule has 0 saturated carbocycles. The zero-order valence-electron chi connectivity index (χ0n) is 17.7. The number of nitrogens with zero attached hydrogens (tertiary/aromatic N) is 2. The van der Waals surface area contributed by atoms with Crippen LogP contribution < -0.4 is 19.7 Å². The fraction of sp³-hybridized carbons (Fsp3) is 0.375. The Labute approximate surface area is 178 Å². The van der Waals surface area contributed by atoms with Crippen molar-refractivity contribution in [3.05, 3.63) is 54.1 Å². The third-order valence-electron chi connectivity index (χ3n) is 5.55. The summed E-state index contributed by atoms with van der Waals surface area (Å²) < 4.78 is 11.4. The molecule has 1 fully saturated rings. The van der Waals surface area contributed by atoms with Crippen molar-refractivity contribution in [3.8, 4) is 11.5 Å². The molecule has 0 spiro atoms. The van der Waals surface area contributed by atoms with Crippen LogP contribution in [0.5, 0.6) is 11.5 Å². The van der Waals surface area contributed by atoms with Crippen LogP contribution in [-0.4, -0.2) is 57.2 Å². The van der Waals surface area contributed by atoms with Gasteiger partial charge < -0.3 is 24.6 Å². The molecule has 2 aliphatic heterocycles. The van der Waals surface area contributed by atoms with Gasteiger partial charge in [0.2, 0.25) is 5.91 Å². The van der Waals surface area contributed by atoms with E-state index in [1.807, 2.05) is 37.3 Å². The van der Waals surface area contributed by atoms with Crippen molar-refractivity contribution in [1.29, 1.82) is 0 Å². The molecule has 1 N–H and O–H groups in total. The van der Waals surface area contributed by atoms with Gasteiger partial charge in [0.05, 0.1) is 13.2 Å². The molecule has 1 amide bonds. The highest BCUT2D eigenvalue weighted by Crippen LogP contribution is 2.32. The smallest absolute Gasteiger partial charge is 0.248 e. The molecular formula is C24H29N3O3. The number of ether oxygens (including phenoxy) is 2. The highest BCUT2D eigenvalue weighted by Gasteiger charge is 2.14. The monoisotopic (exact) mass is 407 g/mol. The topological polar surface area (TPSA) is 54.0 Å². The van der Waals surface area contributed by atoms with Gasteiger partial charge in [-0.3, -0.25) is 4.79 Å². The predicted molar refractivity (Wildman–Crippen MR) is 120 cm³/mol. The van der Waals surface area contributed by atoms with Crippen molar-refractivity contribution < 1.29 is 14.3 Å². The van der Waals surface area contributed by atoms with Gasteiger partial charge in [0.25, 0.3) is 0 Å². The summed E-state index contributed by atoms with van der Waals surface area (Å²) >= 11 is 0. The normalized spacial score (nSPS) is 17.4. The Bertz CT molecular complexity index is 916. The Kier molecular flexibility index (Phi) is 6.23. The molecule has 0 radical (unpaired) electrons. The van der Waals surface area contributed by atoms with Crippen LogP contribution in [0.3, 0.4) is 0 Å². The van der Waals surface area contributed by atoms with Gasteiger partial charge in [0.1, 0.15) is 0 Å². The zero-order chi connectivity index (χ0) is 20.9. The molecule has 0 atom stereocenters. The number of rotatable bonds is 4. The van der Waals surface area contributed by atoms with Gasteiger partial charge in [-0.1, -0.05) is 6.07 Å². The van der Waals surface area contributed by atoms with Crippen LogP contribution in [-0.2, 0) is 4.79 Å². The van der Waals surface area contributed by atoms with E-state index in [4.69, 9.17) is 9.47 Å². The Morgan fingerprint density at radius 2 is 1.67 bits per heavy atom. The molecule has 2 aromatic rings. The van der Waals surface area contributed by atoms with Crippen molar-refractivity contribution in [2.24, 2.45) is 0 Å². The maximum Gasteiger partial charge on any atom is 0.248 e. The summed E-state index contributed by atoms with van der Waals surface area (Å²) in [5.41, 5.74) is 3.80. The zero-order valence-corrected chi connectivity index (χ0v) is 17.7. The summed E-state index contributed by atoms with van der Waals surface area (Å²) in [7, 11) is 2.15. The van der Waals surface area contributed by atoms with Gasteiger partial charge in [-0.2, -0.15) is 0 Å². The molecule has 1 saturated heterocycles. The van der Waals surface area contributed by atoms with E-state index in [0.29, 0.717) is 13.2 Å². The fourth-order valence-electron chi connectivity index (χ4n) is 3.69. The summed E-state index contributed by atoms with van der Waals surface area (Å²) in [6, 6.07) is 13.9. The van der Waals surface area contributed by atoms with E-state index >= 15 is 0 Å². The summed E-state index contributed by atoms with van der Waals surface area (Å²) in [5.74, 6) is 1.35. The number of anilines is 2. The lowest BCUT2D eigenvalue weighted by molar-refractivity contribution is -0.111. The second-order valence-electron chi connectivity index (χ2n) is 7.87. The van der Waals surface area contributed by atoms with Crippen molar-refractivity contribution >= 4 is 22.9 Å². The van der Waals surface area contributed by atoms with Crippen LogP contribution in [0, 0.1) is 0 Å². The van der Waals surface area contributed by atoms with E-state index in [-0.39, 0.29) is 5.91 Å². The van der Waals surface area contributed by atoms with Crippen molar-refractivity contribution in [3.63, 3.8) is 0 Å². The number of amides is 1. The predicted octanol–water partition coefficient (Wildman–Crippen LogP) is 3.64. The number of benzene rings is 2. The van der Waals surface area contributed by atoms with Crippen LogP contribution in [0.4, 0.5) is 11.4 Å². The Morgan fingerprint density at radius 3 is 2.40 bits per heavy atom. The number of fused-ring (bicyclic) bond motifs is 1. The van der Waals surface area contributed by atoms with Crippen LogP contribution in [0.1, 0.15) is 18.9 Å². The average Bonchev–Trinajstić information content (AvgIpc) is 2.99. The molecule has 30 heavy (non-hydrogen) atoms. The van der Waals surface area contributed by atoms with E-state index < -0.39 is 0 Å². The lowest BCUT2D eigenvalue weighted by Gasteiger charge is -2.34. The van der Waals surface area contributed by atoms with Gasteiger partial charge in [0.15, 0.2) is 11.5 Å². The largest absolute Gasteiger partial charge is 0.490 e. The SMILES string of the molecule is CC(=CC(=O)Nc1ccc(N2CCN(C)CC2)cc1)c1ccc2c(c1)OCCCO2. The number of carbonyl (C=O) groups is 1. The highest BCUT2D eigenvalue weighted by atomic mass is 16.5. The number of likely N-dealkylation sites (N-methyl/N-ethyl adjacent to an activating group) is 1. The van der Waals surface area contributed by atoms with E-state index in [0.717, 1.165) is 60.9 Å². The molecule has 2 aliphatic rings. The van der Waals surface area contributed by atoms with Crippen LogP contribution in [0.25, 0.3) is 5.57 Å². The molecule has 0 aliphatic carbocycles. The Hall–Kier alpha value is -2.99. The van der Waals surface area contributed by atoms with E-state index in [1.165, 1.54) is 5.69 Å². The Morgan fingerprint density at radius 1 is 0.967 bits per heavy atom. The fourth-order valence-corrected chi connectivity index (χ4v) is 3.69. The van der Waals surface area contributed by atoms with Gasteiger partial charge in [-0.15, -0.1) is 0 Å². The summed E-state index contributed by atoms with van der Waals surface area (Å²) in [6.45, 7) is 7.43. The van der Waals surface area contributed by atoms with Crippen LogP contribution >= 0.6 is 0 Å². The Balaban J connectivity index is 1.39. The highest BCUT2D eigenvalue weighted by molar-refractivity contribution is 6.03. The molecule has 2 heterocycles. The number of piperazine rings is 1. The lowest BCUT2D eigenvalue weighted by Crippen LogP contribution is -2.44. The van der Waals surface area contributed by atoms with E-state index in [1.54, 1.807) is 6.08 Å². The number of hydrogen-bond donors (Lipinski definition) is 1. The first-order chi connectivity index (χ1) is 14.6. The molecular weight excluding hydrogens is 378 g/mol. The molecule has 4 rings (SSSR count). The molecule has 0 bridgehead atoms. The second-order valence-corrected chi connectivity index (χ2v) is 7.87. The standard InChI is InChI=1S/C24H29N3O3/c1-18(19-4-9-22-23(17-19)30-15-3-14-29-22)16-24(28)25-20-5-7-21(8-6-20)27-12-10-26(2)11-13-27/h4-9,16-17H,3,10-15H2,1-2H3,(H,25,28). The molecule has 6 nitrogen and oxygen atoms in total. The third kappa shape index (κ3) is 4.94. The maximum atomic E-state index is 12.5. The van der Waals surface area contributed by atoms with Gasteiger partial charge in [-0.05, 0) is 61.5 Å². The first-order valence-corrected chi connectivity index (χ1v) is 10.5. The number of allylic oxidation sites excluding steroid dienone is 1. The first kappa shape index (κ1) is 20.3. The van der Waals surface area contributed by atoms with Gasteiger partial charge >= 0.3 is 0 Å². The number of nitrogens with one attached hydrogen (secondary N) is 1. The van der Waals surface area contributed by atoms with Crippen LogP contribution in [0.15, 0.2) is 48.5 Å². The molecule has 158 valence electrons. The number of hydrogen-bond acceptors (Lipinski definition) is 5. The summed E-state index contributed by atoms with van der Waals surface area (Å²) in [6.07, 6.45) is 2.49. The maximum absolute atomic E-state index is 12.5. The first-order valence-electron chi connectivity index (χ1n) is 10.5. The van der Waals surface area contributed by atoms with Gasteiger partial charge in [-0.25, -0.2) is 0 Å².